The van der Waals surface area contributed by atoms with Crippen molar-refractivity contribution in [2.45, 2.75) is 46.2 Å². The molecule has 8 heteroatoms. The Bertz CT molecular complexity index is 757. The van der Waals surface area contributed by atoms with Gasteiger partial charge in [-0.05, 0) is 12.0 Å². The van der Waals surface area contributed by atoms with Gasteiger partial charge in [0.05, 0.1) is 5.69 Å². The van der Waals surface area contributed by atoms with E-state index in [1.165, 1.54) is 6.07 Å². The molecule has 0 fully saturated rings. The van der Waals surface area contributed by atoms with Crippen LogP contribution < -0.4 is 5.32 Å². The second kappa shape index (κ2) is 6.07. The zero-order chi connectivity index (χ0) is 18.3. The number of nitrogens with one attached hydrogen (secondary N) is 1. The van der Waals surface area contributed by atoms with E-state index in [-0.39, 0.29) is 23.0 Å². The van der Waals surface area contributed by atoms with Crippen LogP contribution in [0.4, 0.5) is 13.2 Å². The highest BCUT2D eigenvalue weighted by atomic mass is 19.4. The lowest BCUT2D eigenvalue weighted by atomic mass is 9.91. The molecular weight excluding hydrogens is 321 g/mol. The van der Waals surface area contributed by atoms with Crippen LogP contribution in [-0.4, -0.2) is 27.0 Å². The molecule has 0 aliphatic carbocycles. The minimum absolute atomic E-state index is 0.00412. The normalized spacial score (nSPS) is 12.9. The predicted molar refractivity (Wildman–Crippen MR) is 83.9 cm³/mol. The Labute approximate surface area is 138 Å². The summed E-state index contributed by atoms with van der Waals surface area (Å²) in [4.78, 5) is 16.3. The molecular formula is C16H21F3N4O. The van der Waals surface area contributed by atoms with Crippen LogP contribution in [0.2, 0.25) is 0 Å². The van der Waals surface area contributed by atoms with E-state index in [0.717, 1.165) is 6.07 Å². The van der Waals surface area contributed by atoms with Crippen LogP contribution in [0, 0.1) is 5.92 Å². The SMILES string of the molecule is CC(C)CNC(=O)c1cc2nc(C(C)(C)C)cc(C(F)(F)F)n2n1. The van der Waals surface area contributed by atoms with Crippen molar-refractivity contribution in [1.29, 1.82) is 0 Å². The average Bonchev–Trinajstić information content (AvgIpc) is 2.85. The van der Waals surface area contributed by atoms with E-state index >= 15 is 0 Å². The van der Waals surface area contributed by atoms with Crippen LogP contribution in [0.25, 0.3) is 5.65 Å². The highest BCUT2D eigenvalue weighted by Gasteiger charge is 2.36. The average molecular weight is 342 g/mol. The number of amides is 1. The molecule has 0 saturated carbocycles. The summed E-state index contributed by atoms with van der Waals surface area (Å²) >= 11 is 0. The van der Waals surface area contributed by atoms with Gasteiger partial charge in [-0.1, -0.05) is 34.6 Å². The number of carbonyl (C=O) groups is 1. The molecule has 2 aromatic rings. The minimum atomic E-state index is -4.60. The van der Waals surface area contributed by atoms with E-state index in [9.17, 15) is 18.0 Å². The van der Waals surface area contributed by atoms with E-state index in [4.69, 9.17) is 0 Å². The van der Waals surface area contributed by atoms with Gasteiger partial charge >= 0.3 is 6.18 Å². The number of halogens is 3. The monoisotopic (exact) mass is 342 g/mol. The molecule has 0 spiro atoms. The Morgan fingerprint density at radius 2 is 1.88 bits per heavy atom. The van der Waals surface area contributed by atoms with Crippen molar-refractivity contribution in [1.82, 2.24) is 19.9 Å². The maximum absolute atomic E-state index is 13.4. The van der Waals surface area contributed by atoms with Gasteiger partial charge in [0.15, 0.2) is 11.3 Å². The van der Waals surface area contributed by atoms with E-state index in [2.05, 4.69) is 15.4 Å². The number of alkyl halides is 3. The maximum Gasteiger partial charge on any atom is 0.433 e. The molecule has 2 aromatic heterocycles. The predicted octanol–water partition coefficient (Wildman–Crippen LogP) is 3.43. The van der Waals surface area contributed by atoms with E-state index in [0.29, 0.717) is 11.1 Å². The maximum atomic E-state index is 13.4. The van der Waals surface area contributed by atoms with Gasteiger partial charge < -0.3 is 5.32 Å². The molecule has 132 valence electrons. The molecule has 5 nitrogen and oxygen atoms in total. The summed E-state index contributed by atoms with van der Waals surface area (Å²) in [5, 5.41) is 6.44. The lowest BCUT2D eigenvalue weighted by molar-refractivity contribution is -0.142. The van der Waals surface area contributed by atoms with Crippen molar-refractivity contribution >= 4 is 11.6 Å². The molecule has 0 aromatic carbocycles. The van der Waals surface area contributed by atoms with Gasteiger partial charge in [-0.25, -0.2) is 9.50 Å². The first-order chi connectivity index (χ1) is 10.9. The highest BCUT2D eigenvalue weighted by molar-refractivity contribution is 5.93. The van der Waals surface area contributed by atoms with Gasteiger partial charge in [-0.2, -0.15) is 18.3 Å². The molecule has 0 atom stereocenters. The summed E-state index contributed by atoms with van der Waals surface area (Å²) < 4.78 is 40.8. The van der Waals surface area contributed by atoms with Crippen molar-refractivity contribution in [2.24, 2.45) is 5.92 Å². The quantitative estimate of drug-likeness (QED) is 0.930. The zero-order valence-corrected chi connectivity index (χ0v) is 14.3. The fourth-order valence-corrected chi connectivity index (χ4v) is 2.06. The summed E-state index contributed by atoms with van der Waals surface area (Å²) in [6, 6.07) is 2.26. The second-order valence-electron chi connectivity index (χ2n) is 7.18. The van der Waals surface area contributed by atoms with Crippen LogP contribution in [0.15, 0.2) is 12.1 Å². The molecule has 2 heterocycles. The smallest absolute Gasteiger partial charge is 0.350 e. The highest BCUT2D eigenvalue weighted by Crippen LogP contribution is 2.32. The molecule has 0 bridgehead atoms. The van der Waals surface area contributed by atoms with Crippen molar-refractivity contribution in [3.8, 4) is 0 Å². The summed E-state index contributed by atoms with van der Waals surface area (Å²) in [7, 11) is 0. The number of fused-ring (bicyclic) bond motifs is 1. The summed E-state index contributed by atoms with van der Waals surface area (Å²) in [5.41, 5.74) is -1.30. The first kappa shape index (κ1) is 18.2. The van der Waals surface area contributed by atoms with Gasteiger partial charge in [-0.3, -0.25) is 4.79 Å². The third-order valence-electron chi connectivity index (χ3n) is 3.39. The fourth-order valence-electron chi connectivity index (χ4n) is 2.06. The standard InChI is InChI=1S/C16H21F3N4O/c1-9(2)8-20-14(24)10-6-13-21-11(15(3,4)5)7-12(16(17,18)19)23(13)22-10/h6-7,9H,8H2,1-5H3,(H,20,24). The molecule has 0 unspecified atom stereocenters. The van der Waals surface area contributed by atoms with Crippen LogP contribution >= 0.6 is 0 Å². The zero-order valence-electron chi connectivity index (χ0n) is 14.3. The number of nitrogens with zero attached hydrogens (tertiary/aromatic N) is 3. The minimum Gasteiger partial charge on any atom is -0.350 e. The molecule has 0 aliphatic rings. The molecule has 0 saturated heterocycles. The van der Waals surface area contributed by atoms with Crippen molar-refractivity contribution < 1.29 is 18.0 Å². The van der Waals surface area contributed by atoms with Gasteiger partial charge in [0, 0.05) is 18.0 Å². The van der Waals surface area contributed by atoms with E-state index in [1.807, 2.05) is 13.8 Å². The number of rotatable bonds is 3. The Balaban J connectivity index is 2.56. The molecule has 0 aliphatic heterocycles. The summed E-state index contributed by atoms with van der Waals surface area (Å²) in [6.07, 6.45) is -4.60. The van der Waals surface area contributed by atoms with E-state index in [1.54, 1.807) is 20.8 Å². The van der Waals surface area contributed by atoms with Crippen molar-refractivity contribution in [3.05, 3.63) is 29.2 Å². The lowest BCUT2D eigenvalue weighted by Gasteiger charge is -2.19. The van der Waals surface area contributed by atoms with Crippen molar-refractivity contribution in [2.75, 3.05) is 6.54 Å². The molecule has 2 rings (SSSR count). The Morgan fingerprint density at radius 3 is 2.38 bits per heavy atom. The number of aromatic nitrogens is 3. The molecule has 24 heavy (non-hydrogen) atoms. The topological polar surface area (TPSA) is 59.3 Å². The van der Waals surface area contributed by atoms with Gasteiger partial charge in [-0.15, -0.1) is 0 Å². The van der Waals surface area contributed by atoms with Gasteiger partial charge in [0.25, 0.3) is 5.91 Å². The Hall–Kier alpha value is -2.12. The van der Waals surface area contributed by atoms with Gasteiger partial charge in [0.2, 0.25) is 0 Å². The largest absolute Gasteiger partial charge is 0.433 e. The van der Waals surface area contributed by atoms with Crippen LogP contribution in [0.5, 0.6) is 0 Å². The molecule has 0 radical (unpaired) electrons. The lowest BCUT2D eigenvalue weighted by Crippen LogP contribution is -2.27. The number of hydrogen-bond donors (Lipinski definition) is 1. The Morgan fingerprint density at radius 1 is 1.25 bits per heavy atom. The summed E-state index contributed by atoms with van der Waals surface area (Å²) in [6.45, 7) is 9.58. The summed E-state index contributed by atoms with van der Waals surface area (Å²) in [5.74, 6) is -0.290. The third-order valence-corrected chi connectivity index (χ3v) is 3.39. The second-order valence-corrected chi connectivity index (χ2v) is 7.18. The first-order valence-electron chi connectivity index (χ1n) is 7.66. The first-order valence-corrected chi connectivity index (χ1v) is 7.66. The Kier molecular flexibility index (Phi) is 4.61. The fraction of sp³-hybridized carbons (Fsp3) is 0.562. The van der Waals surface area contributed by atoms with E-state index < -0.39 is 23.2 Å². The van der Waals surface area contributed by atoms with Crippen molar-refractivity contribution in [3.63, 3.8) is 0 Å². The third kappa shape index (κ3) is 3.85. The van der Waals surface area contributed by atoms with Crippen LogP contribution in [-0.2, 0) is 11.6 Å². The molecule has 1 amide bonds. The number of carbonyl (C=O) groups excluding carboxylic acids is 1. The van der Waals surface area contributed by atoms with Crippen LogP contribution in [0.3, 0.4) is 0 Å². The number of hydrogen-bond acceptors (Lipinski definition) is 3. The molecule has 1 N–H and O–H groups in total. The van der Waals surface area contributed by atoms with Gasteiger partial charge in [0.1, 0.15) is 5.69 Å². The van der Waals surface area contributed by atoms with Crippen LogP contribution in [0.1, 0.15) is 56.5 Å².